The molecule has 0 bridgehead atoms. The van der Waals surface area contributed by atoms with Crippen LogP contribution in [-0.4, -0.2) is 52.8 Å². The third kappa shape index (κ3) is 3.63. The molecule has 0 radical (unpaired) electrons. The lowest BCUT2D eigenvalue weighted by atomic mass is 10.1. The Morgan fingerprint density at radius 3 is 2.74 bits per heavy atom. The standard InChI is InChI=1S/C19H18ClN5O4S2/c1-3-23(4-2)18(27)15(26)13-10-21-14-6-5-11(9-12(13)14)25(31(28)29)17-16(20)22-19-24(17)7-8-30-19/h5-10,21H,3-4H2,1-2H3,(H,28,29)/p-1. The number of rotatable bonds is 7. The third-order valence-electron chi connectivity index (χ3n) is 4.93. The van der Waals surface area contributed by atoms with E-state index in [-0.39, 0.29) is 22.2 Å². The van der Waals surface area contributed by atoms with Crippen molar-refractivity contribution in [3.63, 3.8) is 0 Å². The van der Waals surface area contributed by atoms with Crippen molar-refractivity contribution in [2.45, 2.75) is 13.8 Å². The van der Waals surface area contributed by atoms with Crippen molar-refractivity contribution < 1.29 is 18.4 Å². The Morgan fingerprint density at radius 2 is 2.06 bits per heavy atom. The largest absolute Gasteiger partial charge is 0.755 e. The van der Waals surface area contributed by atoms with Crippen molar-refractivity contribution in [3.05, 3.63) is 46.7 Å². The molecule has 0 fully saturated rings. The molecule has 0 aliphatic rings. The van der Waals surface area contributed by atoms with E-state index in [2.05, 4.69) is 9.97 Å². The summed E-state index contributed by atoms with van der Waals surface area (Å²) in [5.41, 5.74) is 1.02. The van der Waals surface area contributed by atoms with Gasteiger partial charge in [-0.3, -0.25) is 22.5 Å². The predicted octanol–water partition coefficient (Wildman–Crippen LogP) is 3.51. The number of H-pyrrole nitrogens is 1. The van der Waals surface area contributed by atoms with Gasteiger partial charge >= 0.3 is 0 Å². The van der Waals surface area contributed by atoms with E-state index < -0.39 is 23.0 Å². The van der Waals surface area contributed by atoms with E-state index in [0.717, 1.165) is 4.31 Å². The van der Waals surface area contributed by atoms with Crippen molar-refractivity contribution in [1.29, 1.82) is 0 Å². The van der Waals surface area contributed by atoms with Crippen molar-refractivity contribution in [1.82, 2.24) is 19.3 Å². The maximum atomic E-state index is 12.8. The number of aromatic nitrogens is 3. The molecule has 31 heavy (non-hydrogen) atoms. The molecule has 162 valence electrons. The molecular formula is C19H17ClN5O4S2-. The number of anilines is 2. The minimum Gasteiger partial charge on any atom is -0.755 e. The van der Waals surface area contributed by atoms with Gasteiger partial charge < -0.3 is 14.4 Å². The molecule has 0 spiro atoms. The zero-order valence-electron chi connectivity index (χ0n) is 16.5. The molecular weight excluding hydrogens is 462 g/mol. The summed E-state index contributed by atoms with van der Waals surface area (Å²) in [7, 11) is 0. The Labute approximate surface area is 188 Å². The van der Waals surface area contributed by atoms with Gasteiger partial charge in [-0.15, -0.1) is 11.3 Å². The number of halogens is 1. The number of amides is 1. The highest BCUT2D eigenvalue weighted by atomic mass is 35.5. The normalized spacial score (nSPS) is 12.4. The first-order valence-corrected chi connectivity index (χ1v) is 11.6. The average molecular weight is 479 g/mol. The fraction of sp³-hybridized carbons (Fsp3) is 0.211. The monoisotopic (exact) mass is 478 g/mol. The fourth-order valence-corrected chi connectivity index (χ4v) is 5.07. The Hall–Kier alpha value is -2.73. The molecule has 0 aliphatic heterocycles. The minimum atomic E-state index is -2.73. The van der Waals surface area contributed by atoms with Crippen LogP contribution in [0.15, 0.2) is 36.0 Å². The van der Waals surface area contributed by atoms with E-state index in [1.165, 1.54) is 28.5 Å². The summed E-state index contributed by atoms with van der Waals surface area (Å²) in [5, 5.41) is 2.22. The number of fused-ring (bicyclic) bond motifs is 2. The second kappa shape index (κ2) is 8.42. The minimum absolute atomic E-state index is 0.0261. The van der Waals surface area contributed by atoms with Gasteiger partial charge in [0.2, 0.25) is 0 Å². The lowest BCUT2D eigenvalue weighted by molar-refractivity contribution is -0.126. The van der Waals surface area contributed by atoms with E-state index in [1.807, 2.05) is 0 Å². The fourth-order valence-electron chi connectivity index (χ4n) is 3.40. The first kappa shape index (κ1) is 21.5. The molecule has 3 heterocycles. The number of ketones is 1. The molecule has 1 aromatic carbocycles. The van der Waals surface area contributed by atoms with Crippen LogP contribution in [0.4, 0.5) is 11.5 Å². The molecule has 3 aromatic heterocycles. The van der Waals surface area contributed by atoms with Gasteiger partial charge in [-0.1, -0.05) is 11.6 Å². The van der Waals surface area contributed by atoms with Gasteiger partial charge in [0.1, 0.15) is 0 Å². The van der Waals surface area contributed by atoms with Crippen LogP contribution in [0, 0.1) is 0 Å². The number of nitrogens with zero attached hydrogens (tertiary/aromatic N) is 4. The number of thiazole rings is 1. The van der Waals surface area contributed by atoms with Gasteiger partial charge in [0.15, 0.2) is 15.9 Å². The molecule has 0 aliphatic carbocycles. The molecule has 1 N–H and O–H groups in total. The van der Waals surface area contributed by atoms with Gasteiger partial charge in [-0.2, -0.15) is 0 Å². The maximum absolute atomic E-state index is 12.8. The summed E-state index contributed by atoms with van der Waals surface area (Å²) in [6, 6.07) is 4.76. The summed E-state index contributed by atoms with van der Waals surface area (Å²) in [4.78, 5) is 34.5. The molecule has 4 aromatic rings. The molecule has 4 rings (SSSR count). The molecule has 1 atom stereocenters. The summed E-state index contributed by atoms with van der Waals surface area (Å²) in [6.45, 7) is 4.41. The molecule has 1 amide bonds. The molecule has 1 unspecified atom stereocenters. The summed E-state index contributed by atoms with van der Waals surface area (Å²) in [6.07, 6.45) is 3.13. The number of carbonyl (C=O) groups excluding carboxylic acids is 2. The third-order valence-corrected chi connectivity index (χ3v) is 6.62. The SMILES string of the molecule is CCN(CC)C(=O)C(=O)c1c[nH]c2ccc(N(c3c(Cl)nc4sccn34)S(=O)[O-])cc12. The van der Waals surface area contributed by atoms with Crippen LogP contribution in [-0.2, 0) is 16.1 Å². The van der Waals surface area contributed by atoms with Crippen molar-refractivity contribution in [2.75, 3.05) is 17.4 Å². The van der Waals surface area contributed by atoms with Crippen LogP contribution < -0.4 is 4.31 Å². The zero-order chi connectivity index (χ0) is 22.3. The topological polar surface area (TPSA) is 114 Å². The lowest BCUT2D eigenvalue weighted by Gasteiger charge is -2.25. The average Bonchev–Trinajstić information content (AvgIpc) is 3.44. The van der Waals surface area contributed by atoms with Crippen LogP contribution in [0.1, 0.15) is 24.2 Å². The van der Waals surface area contributed by atoms with Gasteiger partial charge in [0.25, 0.3) is 11.7 Å². The number of carbonyl (C=O) groups is 2. The number of hydrogen-bond acceptors (Lipinski definition) is 6. The van der Waals surface area contributed by atoms with Gasteiger partial charge in [0.05, 0.1) is 22.5 Å². The predicted molar refractivity (Wildman–Crippen MR) is 120 cm³/mol. The molecule has 9 nitrogen and oxygen atoms in total. The quantitative estimate of drug-likeness (QED) is 0.248. The van der Waals surface area contributed by atoms with E-state index >= 15 is 0 Å². The number of aromatic amines is 1. The zero-order valence-corrected chi connectivity index (χ0v) is 18.9. The van der Waals surface area contributed by atoms with Crippen LogP contribution >= 0.6 is 22.9 Å². The van der Waals surface area contributed by atoms with Crippen molar-refractivity contribution in [3.8, 4) is 0 Å². The summed E-state index contributed by atoms with van der Waals surface area (Å²) < 4.78 is 26.9. The van der Waals surface area contributed by atoms with Crippen LogP contribution in [0.5, 0.6) is 0 Å². The molecule has 12 heteroatoms. The highest BCUT2D eigenvalue weighted by Gasteiger charge is 2.26. The molecule has 0 saturated carbocycles. The number of imidazole rings is 1. The smallest absolute Gasteiger partial charge is 0.295 e. The first-order valence-electron chi connectivity index (χ1n) is 9.32. The number of hydrogen-bond donors (Lipinski definition) is 1. The second-order valence-corrected chi connectivity index (χ2v) is 8.56. The van der Waals surface area contributed by atoms with Gasteiger partial charge in [0, 0.05) is 41.8 Å². The number of nitrogens with one attached hydrogen (secondary N) is 1. The highest BCUT2D eigenvalue weighted by Crippen LogP contribution is 2.36. The second-order valence-electron chi connectivity index (χ2n) is 6.53. The Kier molecular flexibility index (Phi) is 5.84. The van der Waals surface area contributed by atoms with E-state index in [1.54, 1.807) is 42.0 Å². The Balaban J connectivity index is 1.83. The van der Waals surface area contributed by atoms with Crippen LogP contribution in [0.2, 0.25) is 5.15 Å². The summed E-state index contributed by atoms with van der Waals surface area (Å²) in [5.74, 6) is -1.11. The maximum Gasteiger partial charge on any atom is 0.295 e. The first-order chi connectivity index (χ1) is 14.9. The number of Topliss-reactive ketones (excluding diaryl/α,β-unsaturated/α-hetero) is 1. The van der Waals surface area contributed by atoms with E-state index in [4.69, 9.17) is 11.6 Å². The van der Waals surface area contributed by atoms with Crippen LogP contribution in [0.3, 0.4) is 0 Å². The highest BCUT2D eigenvalue weighted by molar-refractivity contribution is 7.81. The summed E-state index contributed by atoms with van der Waals surface area (Å²) >= 11 is 4.82. The van der Waals surface area contributed by atoms with Crippen LogP contribution in [0.25, 0.3) is 15.9 Å². The number of likely N-dealkylation sites (N-methyl/N-ethyl adjacent to an activating group) is 1. The Bertz CT molecular complexity index is 1320. The number of benzene rings is 1. The van der Waals surface area contributed by atoms with Gasteiger partial charge in [-0.25, -0.2) is 4.98 Å². The molecule has 0 saturated heterocycles. The van der Waals surface area contributed by atoms with Crippen molar-refractivity contribution in [2.24, 2.45) is 0 Å². The Morgan fingerprint density at radius 1 is 1.32 bits per heavy atom. The van der Waals surface area contributed by atoms with E-state index in [9.17, 15) is 18.4 Å². The van der Waals surface area contributed by atoms with E-state index in [0.29, 0.717) is 29.0 Å². The van der Waals surface area contributed by atoms with Gasteiger partial charge in [-0.05, 0) is 32.0 Å². The van der Waals surface area contributed by atoms with Crippen molar-refractivity contribution >= 4 is 73.3 Å². The lowest BCUT2D eigenvalue weighted by Crippen LogP contribution is -2.36.